The molecule has 0 bridgehead atoms. The molecule has 2 atom stereocenters. The van der Waals surface area contributed by atoms with Crippen molar-refractivity contribution in [2.75, 3.05) is 23.9 Å². The Balaban J connectivity index is 1.43. The van der Waals surface area contributed by atoms with Gasteiger partial charge in [0, 0.05) is 24.5 Å². The van der Waals surface area contributed by atoms with Crippen LogP contribution in [0.15, 0.2) is 65.6 Å². The number of alkyl halides is 3. The van der Waals surface area contributed by atoms with Gasteiger partial charge in [-0.15, -0.1) is 0 Å². The number of carboxylic acid groups (broad SMARTS) is 1. The second-order valence-corrected chi connectivity index (χ2v) is 12.3. The number of piperidine rings is 1. The van der Waals surface area contributed by atoms with Gasteiger partial charge in [0.05, 0.1) is 28.6 Å². The molecule has 2 aliphatic rings. The summed E-state index contributed by atoms with van der Waals surface area (Å²) in [6.07, 6.45) is -4.66. The summed E-state index contributed by atoms with van der Waals surface area (Å²) >= 11 is 6.12. The third-order valence-electron chi connectivity index (χ3n) is 7.54. The van der Waals surface area contributed by atoms with Gasteiger partial charge in [-0.25, -0.2) is 8.60 Å². The van der Waals surface area contributed by atoms with Gasteiger partial charge in [-0.05, 0) is 72.9 Å². The van der Waals surface area contributed by atoms with E-state index in [1.165, 1.54) is 16.4 Å². The molecule has 0 radical (unpaired) electrons. The highest BCUT2D eigenvalue weighted by Crippen LogP contribution is 2.42. The van der Waals surface area contributed by atoms with Crippen LogP contribution in [-0.2, 0) is 26.8 Å². The Kier molecular flexibility index (Phi) is 8.98. The molecule has 0 spiro atoms. The largest absolute Gasteiger partial charge is 0.483 e. The molecule has 1 unspecified atom stereocenters. The van der Waals surface area contributed by atoms with Gasteiger partial charge in [-0.1, -0.05) is 29.8 Å². The minimum absolute atomic E-state index is 0.00396. The predicted octanol–water partition coefficient (Wildman–Crippen LogP) is 6.56. The van der Waals surface area contributed by atoms with Crippen molar-refractivity contribution in [3.8, 4) is 16.9 Å². The molecule has 3 aromatic carbocycles. The van der Waals surface area contributed by atoms with Crippen molar-refractivity contribution in [2.45, 2.75) is 42.9 Å². The number of amides is 1. The molecule has 0 saturated carbocycles. The van der Waals surface area contributed by atoms with Crippen LogP contribution < -0.4 is 9.04 Å². The lowest BCUT2D eigenvalue weighted by atomic mass is 9.97. The van der Waals surface area contributed by atoms with Crippen molar-refractivity contribution >= 4 is 40.2 Å². The Labute approximate surface area is 252 Å². The maximum Gasteiger partial charge on any atom is 0.416 e. The molecule has 1 saturated heterocycles. The monoisotopic (exact) mass is 638 g/mol. The lowest BCUT2D eigenvalue weighted by molar-refractivity contribution is -0.145. The van der Waals surface area contributed by atoms with Crippen molar-refractivity contribution in [1.29, 1.82) is 0 Å². The van der Waals surface area contributed by atoms with Crippen molar-refractivity contribution in [3.05, 3.63) is 77.1 Å². The van der Waals surface area contributed by atoms with Crippen LogP contribution in [0, 0.1) is 11.7 Å². The average molecular weight is 639 g/mol. The Morgan fingerprint density at radius 1 is 1.02 bits per heavy atom. The number of rotatable bonds is 7. The molecule has 1 amide bonds. The molecule has 13 heteroatoms. The predicted molar refractivity (Wildman–Crippen MR) is 153 cm³/mol. The number of anilines is 1. The van der Waals surface area contributed by atoms with E-state index in [1.54, 1.807) is 35.2 Å². The lowest BCUT2D eigenvalue weighted by Crippen LogP contribution is -2.43. The summed E-state index contributed by atoms with van der Waals surface area (Å²) < 4.78 is 76.9. The van der Waals surface area contributed by atoms with Crippen LogP contribution >= 0.6 is 11.6 Å². The van der Waals surface area contributed by atoms with Gasteiger partial charge in [-0.3, -0.25) is 13.9 Å². The standard InChI is InChI=1S/C30H27ClF4N2O5S/c31-22-5-1-3-19(13-22)20-14-25(32)28-26(15-20)37(43(41)24-6-2-4-21(16-24)30(33,34)35)17-23(42-28)7-8-27(38)36-11-9-18(10-12-36)29(39)40/h1-6,13-16,18,23H,7-12,17H2,(H,39,40)/t23-,43?/m0/s1. The number of ether oxygens (including phenoxy) is 1. The molecule has 0 aliphatic carbocycles. The number of aliphatic carboxylic acids is 1. The number of fused-ring (bicyclic) bond motifs is 1. The van der Waals surface area contributed by atoms with Crippen molar-refractivity contribution in [1.82, 2.24) is 4.90 Å². The summed E-state index contributed by atoms with van der Waals surface area (Å²) in [6, 6.07) is 13.6. The zero-order valence-electron chi connectivity index (χ0n) is 22.7. The smallest absolute Gasteiger partial charge is 0.416 e. The van der Waals surface area contributed by atoms with E-state index in [0.29, 0.717) is 42.1 Å². The lowest BCUT2D eigenvalue weighted by Gasteiger charge is -2.36. The highest BCUT2D eigenvalue weighted by atomic mass is 35.5. The minimum atomic E-state index is -4.66. The van der Waals surface area contributed by atoms with Gasteiger partial charge >= 0.3 is 12.1 Å². The van der Waals surface area contributed by atoms with Gasteiger partial charge in [0.2, 0.25) is 5.91 Å². The Bertz CT molecular complexity index is 1560. The molecule has 43 heavy (non-hydrogen) atoms. The SMILES string of the molecule is O=C(O)C1CCN(C(=O)CC[C@H]2CN(S(=O)c3cccc(C(F)(F)F)c3)c3cc(-c4cccc(Cl)c4)cc(F)c3O2)CC1. The van der Waals surface area contributed by atoms with Gasteiger partial charge in [-0.2, -0.15) is 13.2 Å². The molecule has 2 heterocycles. The van der Waals surface area contributed by atoms with E-state index in [1.807, 2.05) is 0 Å². The van der Waals surface area contributed by atoms with Crippen LogP contribution in [0.2, 0.25) is 5.02 Å². The first-order valence-electron chi connectivity index (χ1n) is 13.5. The number of hydrogen-bond donors (Lipinski definition) is 1. The van der Waals surface area contributed by atoms with Crippen LogP contribution in [0.4, 0.5) is 23.2 Å². The van der Waals surface area contributed by atoms with Crippen molar-refractivity contribution in [3.63, 3.8) is 0 Å². The number of halogens is 5. The fraction of sp³-hybridized carbons (Fsp3) is 0.333. The summed E-state index contributed by atoms with van der Waals surface area (Å²) in [6.45, 7) is 0.510. The van der Waals surface area contributed by atoms with Gasteiger partial charge in [0.15, 0.2) is 22.6 Å². The van der Waals surface area contributed by atoms with Crippen LogP contribution in [0.5, 0.6) is 5.75 Å². The molecule has 1 N–H and O–H groups in total. The van der Waals surface area contributed by atoms with E-state index in [-0.39, 0.29) is 41.6 Å². The zero-order valence-corrected chi connectivity index (χ0v) is 24.2. The van der Waals surface area contributed by atoms with Gasteiger partial charge in [0.1, 0.15) is 6.10 Å². The first-order chi connectivity index (χ1) is 20.4. The number of likely N-dealkylation sites (tertiary alicyclic amines) is 1. The Hall–Kier alpha value is -3.64. The van der Waals surface area contributed by atoms with Crippen molar-refractivity contribution < 1.29 is 41.2 Å². The molecule has 2 aliphatic heterocycles. The Morgan fingerprint density at radius 3 is 2.42 bits per heavy atom. The number of carbonyl (C=O) groups excluding carboxylic acids is 1. The van der Waals surface area contributed by atoms with Crippen LogP contribution in [0.3, 0.4) is 0 Å². The molecule has 3 aromatic rings. The second-order valence-electron chi connectivity index (χ2n) is 10.4. The number of carboxylic acids is 1. The molecule has 228 valence electrons. The van der Waals surface area contributed by atoms with E-state index in [2.05, 4.69) is 0 Å². The molecular formula is C30H27ClF4N2O5S. The molecule has 0 aromatic heterocycles. The van der Waals surface area contributed by atoms with E-state index >= 15 is 4.39 Å². The maximum absolute atomic E-state index is 15.6. The highest BCUT2D eigenvalue weighted by molar-refractivity contribution is 7.86. The van der Waals surface area contributed by atoms with E-state index in [4.69, 9.17) is 16.3 Å². The van der Waals surface area contributed by atoms with E-state index in [0.717, 1.165) is 18.2 Å². The van der Waals surface area contributed by atoms with Crippen molar-refractivity contribution in [2.24, 2.45) is 5.92 Å². The molecule has 7 nitrogen and oxygen atoms in total. The van der Waals surface area contributed by atoms with E-state index in [9.17, 15) is 32.1 Å². The number of benzene rings is 3. The molecule has 5 rings (SSSR count). The third-order valence-corrected chi connectivity index (χ3v) is 9.18. The summed E-state index contributed by atoms with van der Waals surface area (Å²) in [4.78, 5) is 25.6. The molecular weight excluding hydrogens is 612 g/mol. The molecule has 1 fully saturated rings. The first-order valence-corrected chi connectivity index (χ1v) is 15.0. The highest BCUT2D eigenvalue weighted by Gasteiger charge is 2.36. The topological polar surface area (TPSA) is 87.2 Å². The summed E-state index contributed by atoms with van der Waals surface area (Å²) in [5, 5.41) is 9.61. The summed E-state index contributed by atoms with van der Waals surface area (Å²) in [5.74, 6) is -2.61. The quantitative estimate of drug-likeness (QED) is 0.296. The Morgan fingerprint density at radius 2 is 1.74 bits per heavy atom. The van der Waals surface area contributed by atoms with Crippen LogP contribution in [-0.4, -0.2) is 51.8 Å². The number of hydrogen-bond acceptors (Lipinski definition) is 4. The zero-order chi connectivity index (χ0) is 30.9. The summed E-state index contributed by atoms with van der Waals surface area (Å²) in [5.41, 5.74) is 0.0775. The van der Waals surface area contributed by atoms with Crippen LogP contribution in [0.25, 0.3) is 11.1 Å². The minimum Gasteiger partial charge on any atom is -0.483 e. The first kappa shape index (κ1) is 30.8. The second kappa shape index (κ2) is 12.5. The number of nitrogens with zero attached hydrogens (tertiary/aromatic N) is 2. The van der Waals surface area contributed by atoms with E-state index < -0.39 is 46.5 Å². The fourth-order valence-electron chi connectivity index (χ4n) is 5.24. The summed E-state index contributed by atoms with van der Waals surface area (Å²) in [7, 11) is -2.19. The normalized spacial score (nSPS) is 18.1. The third kappa shape index (κ3) is 6.96. The van der Waals surface area contributed by atoms with Crippen LogP contribution in [0.1, 0.15) is 31.2 Å². The maximum atomic E-state index is 15.6. The van der Waals surface area contributed by atoms with Gasteiger partial charge < -0.3 is 14.7 Å². The van der Waals surface area contributed by atoms with Gasteiger partial charge in [0.25, 0.3) is 0 Å². The number of carbonyl (C=O) groups is 2. The average Bonchev–Trinajstić information content (AvgIpc) is 2.99. The fourth-order valence-corrected chi connectivity index (χ4v) is 6.72.